The van der Waals surface area contributed by atoms with Crippen molar-refractivity contribution >= 4 is 11.1 Å². The fourth-order valence-corrected chi connectivity index (χ4v) is 2.29. The summed E-state index contributed by atoms with van der Waals surface area (Å²) in [5.41, 5.74) is 2.37. The molecule has 0 saturated carbocycles. The molecule has 0 N–H and O–H groups in total. The standard InChI is InChI=1S/C9H10O2S.Na/c10-12(11)9-5-7-3-1-2-4-8(7)6-9;/h1-4,9H,5-6H2,(H,10,11);/q;+1/p-1. The normalized spacial score (nSPS) is 17.6. The predicted molar refractivity (Wildman–Crippen MR) is 46.6 cm³/mol. The zero-order chi connectivity index (χ0) is 8.55. The second-order valence-electron chi connectivity index (χ2n) is 3.06. The summed E-state index contributed by atoms with van der Waals surface area (Å²) in [6.45, 7) is 0. The Morgan fingerprint density at radius 2 is 1.69 bits per heavy atom. The number of hydrogen-bond donors (Lipinski definition) is 0. The van der Waals surface area contributed by atoms with Gasteiger partial charge in [0.15, 0.2) is 0 Å². The van der Waals surface area contributed by atoms with Crippen molar-refractivity contribution in [1.82, 2.24) is 0 Å². The summed E-state index contributed by atoms with van der Waals surface area (Å²) < 4.78 is 21.3. The Hall–Kier alpha value is 0.330. The van der Waals surface area contributed by atoms with Crippen LogP contribution in [-0.2, 0) is 23.9 Å². The molecular weight excluding hydrogens is 195 g/mol. The molecule has 1 unspecified atom stereocenters. The third kappa shape index (κ3) is 2.42. The summed E-state index contributed by atoms with van der Waals surface area (Å²) in [4.78, 5) is 0. The van der Waals surface area contributed by atoms with E-state index in [9.17, 15) is 8.76 Å². The summed E-state index contributed by atoms with van der Waals surface area (Å²) >= 11 is -1.92. The molecule has 64 valence electrons. The Kier molecular flexibility index (Phi) is 4.13. The van der Waals surface area contributed by atoms with Gasteiger partial charge in [0.2, 0.25) is 0 Å². The first-order valence-corrected chi connectivity index (χ1v) is 5.06. The van der Waals surface area contributed by atoms with Crippen molar-refractivity contribution in [2.24, 2.45) is 0 Å². The molecule has 0 heterocycles. The molecule has 0 saturated heterocycles. The molecule has 1 atom stereocenters. The minimum atomic E-state index is -1.92. The molecule has 4 heteroatoms. The fourth-order valence-electron chi connectivity index (χ4n) is 1.65. The summed E-state index contributed by atoms with van der Waals surface area (Å²) in [7, 11) is 0. The van der Waals surface area contributed by atoms with Crippen LogP contribution in [0.1, 0.15) is 11.1 Å². The van der Waals surface area contributed by atoms with Gasteiger partial charge >= 0.3 is 29.6 Å². The van der Waals surface area contributed by atoms with Crippen LogP contribution < -0.4 is 29.6 Å². The van der Waals surface area contributed by atoms with Crippen molar-refractivity contribution in [2.45, 2.75) is 18.1 Å². The van der Waals surface area contributed by atoms with Crippen molar-refractivity contribution in [3.63, 3.8) is 0 Å². The van der Waals surface area contributed by atoms with E-state index in [1.54, 1.807) is 0 Å². The minimum Gasteiger partial charge on any atom is -0.772 e. The van der Waals surface area contributed by atoms with Crippen LogP contribution in [0.3, 0.4) is 0 Å². The van der Waals surface area contributed by atoms with Gasteiger partial charge in [0, 0.05) is 5.25 Å². The summed E-state index contributed by atoms with van der Waals surface area (Å²) in [5.74, 6) is 0. The molecule has 0 radical (unpaired) electrons. The molecule has 2 rings (SSSR count). The third-order valence-electron chi connectivity index (χ3n) is 2.29. The van der Waals surface area contributed by atoms with Gasteiger partial charge in [-0.25, -0.2) is 0 Å². The maximum Gasteiger partial charge on any atom is 1.00 e. The molecule has 0 amide bonds. The van der Waals surface area contributed by atoms with Crippen LogP contribution in [0, 0.1) is 0 Å². The Labute approximate surface area is 102 Å². The zero-order valence-electron chi connectivity index (χ0n) is 7.53. The van der Waals surface area contributed by atoms with Crippen LogP contribution in [0.2, 0.25) is 0 Å². The van der Waals surface area contributed by atoms with Crippen molar-refractivity contribution in [3.05, 3.63) is 35.4 Å². The number of fused-ring (bicyclic) bond motifs is 1. The van der Waals surface area contributed by atoms with Gasteiger partial charge < -0.3 is 4.55 Å². The molecule has 0 fully saturated rings. The van der Waals surface area contributed by atoms with E-state index in [1.165, 1.54) is 11.1 Å². The topological polar surface area (TPSA) is 40.1 Å². The van der Waals surface area contributed by atoms with Crippen LogP contribution >= 0.6 is 0 Å². The smallest absolute Gasteiger partial charge is 0.772 e. The Morgan fingerprint density at radius 1 is 1.23 bits per heavy atom. The molecule has 2 nitrogen and oxygen atoms in total. The third-order valence-corrected chi connectivity index (χ3v) is 3.16. The molecule has 1 aliphatic carbocycles. The van der Waals surface area contributed by atoms with Gasteiger partial charge in [0.1, 0.15) is 0 Å². The molecule has 0 bridgehead atoms. The number of hydrogen-bond acceptors (Lipinski definition) is 2. The van der Waals surface area contributed by atoms with Gasteiger partial charge in [-0.15, -0.1) is 0 Å². The van der Waals surface area contributed by atoms with Crippen LogP contribution in [0.15, 0.2) is 24.3 Å². The van der Waals surface area contributed by atoms with Gasteiger partial charge in [0.25, 0.3) is 0 Å². The van der Waals surface area contributed by atoms with Crippen LogP contribution in [0.25, 0.3) is 0 Å². The SMILES string of the molecule is O=S([O-])C1Cc2ccccc2C1.[Na+]. The first-order chi connectivity index (χ1) is 5.77. The molecule has 0 spiro atoms. The van der Waals surface area contributed by atoms with Crippen LogP contribution in [-0.4, -0.2) is 14.0 Å². The largest absolute Gasteiger partial charge is 1.00 e. The van der Waals surface area contributed by atoms with Crippen molar-refractivity contribution < 1.29 is 38.3 Å². The minimum absolute atomic E-state index is 0. The first kappa shape index (κ1) is 11.4. The average molecular weight is 204 g/mol. The summed E-state index contributed by atoms with van der Waals surface area (Å²) in [5, 5.41) is -0.192. The van der Waals surface area contributed by atoms with Crippen LogP contribution in [0.4, 0.5) is 0 Å². The van der Waals surface area contributed by atoms with Gasteiger partial charge in [-0.05, 0) is 24.0 Å². The fraction of sp³-hybridized carbons (Fsp3) is 0.333. The van der Waals surface area contributed by atoms with E-state index in [0.717, 1.165) is 0 Å². The average Bonchev–Trinajstić information content (AvgIpc) is 2.46. The summed E-state index contributed by atoms with van der Waals surface area (Å²) in [6.07, 6.45) is 1.37. The van der Waals surface area contributed by atoms with E-state index in [2.05, 4.69) is 0 Å². The predicted octanol–water partition coefficient (Wildman–Crippen LogP) is -1.96. The Morgan fingerprint density at radius 3 is 2.08 bits per heavy atom. The molecule has 0 aliphatic heterocycles. The van der Waals surface area contributed by atoms with Gasteiger partial charge in [0.05, 0.1) is 0 Å². The molecule has 0 aromatic heterocycles. The molecule has 13 heavy (non-hydrogen) atoms. The molecule has 1 aliphatic rings. The van der Waals surface area contributed by atoms with Crippen molar-refractivity contribution in [3.8, 4) is 0 Å². The Bertz CT molecular complexity index is 302. The zero-order valence-corrected chi connectivity index (χ0v) is 10.3. The van der Waals surface area contributed by atoms with Gasteiger partial charge in [-0.2, -0.15) is 0 Å². The molecular formula is C9H9NaO2S. The van der Waals surface area contributed by atoms with Crippen LogP contribution in [0.5, 0.6) is 0 Å². The van der Waals surface area contributed by atoms with E-state index < -0.39 is 11.1 Å². The van der Waals surface area contributed by atoms with E-state index in [1.807, 2.05) is 24.3 Å². The van der Waals surface area contributed by atoms with E-state index in [4.69, 9.17) is 0 Å². The Balaban J connectivity index is 0.000000845. The maximum atomic E-state index is 10.7. The van der Waals surface area contributed by atoms with Crippen molar-refractivity contribution in [2.75, 3.05) is 0 Å². The second kappa shape index (κ2) is 4.71. The molecule has 1 aromatic carbocycles. The van der Waals surface area contributed by atoms with E-state index in [-0.39, 0.29) is 34.8 Å². The first-order valence-electron chi connectivity index (χ1n) is 3.92. The quantitative estimate of drug-likeness (QED) is 0.393. The second-order valence-corrected chi connectivity index (χ2v) is 4.25. The van der Waals surface area contributed by atoms with E-state index in [0.29, 0.717) is 12.8 Å². The van der Waals surface area contributed by atoms with Gasteiger partial charge in [-0.3, -0.25) is 4.21 Å². The monoisotopic (exact) mass is 204 g/mol. The van der Waals surface area contributed by atoms with Gasteiger partial charge in [-0.1, -0.05) is 35.3 Å². The summed E-state index contributed by atoms with van der Waals surface area (Å²) in [6, 6.07) is 7.91. The molecule has 1 aromatic rings. The van der Waals surface area contributed by atoms with E-state index >= 15 is 0 Å². The maximum absolute atomic E-state index is 10.7. The number of rotatable bonds is 1. The van der Waals surface area contributed by atoms with Crippen molar-refractivity contribution in [1.29, 1.82) is 0 Å². The number of benzene rings is 1.